The first kappa shape index (κ1) is 11.9. The average molecular weight is 291 g/mol. The molecule has 1 rings (SSSR count). The number of hydrogen-bond donors (Lipinski definition) is 1. The lowest BCUT2D eigenvalue weighted by molar-refractivity contribution is -0.131. The number of rotatable bonds is 3. The van der Waals surface area contributed by atoms with E-state index in [0.29, 0.717) is 11.5 Å². The first-order valence-corrected chi connectivity index (χ1v) is 6.17. The molecule has 0 radical (unpaired) electrons. The fourth-order valence-corrected chi connectivity index (χ4v) is 2.08. The lowest BCUT2D eigenvalue weighted by Crippen LogP contribution is -1.97. The van der Waals surface area contributed by atoms with Gasteiger partial charge in [0.2, 0.25) is 0 Å². The molecule has 15 heavy (non-hydrogen) atoms. The number of halogens is 1. The third-order valence-corrected chi connectivity index (χ3v) is 3.48. The molecule has 0 aliphatic heterocycles. The highest BCUT2D eigenvalue weighted by molar-refractivity contribution is 9.10. The second-order valence-electron chi connectivity index (χ2n) is 2.64. The topological polar surface area (TPSA) is 71.4 Å². The van der Waals surface area contributed by atoms with Crippen LogP contribution < -0.4 is 0 Å². The van der Waals surface area contributed by atoms with Gasteiger partial charge in [-0.25, -0.2) is 13.2 Å². The maximum absolute atomic E-state index is 11.5. The van der Waals surface area contributed by atoms with Gasteiger partial charge in [0.05, 0.1) is 4.90 Å². The molecule has 0 bridgehead atoms. The predicted molar refractivity (Wildman–Crippen MR) is 58.1 cm³/mol. The van der Waals surface area contributed by atoms with Crippen LogP contribution in [0, 0.1) is 0 Å². The summed E-state index contributed by atoms with van der Waals surface area (Å²) in [6.45, 7) is 0. The van der Waals surface area contributed by atoms with Gasteiger partial charge in [-0.2, -0.15) is 0 Å². The first-order valence-electron chi connectivity index (χ1n) is 3.83. The Morgan fingerprint density at radius 3 is 2.27 bits per heavy atom. The second-order valence-corrected chi connectivity index (χ2v) is 5.39. The van der Waals surface area contributed by atoms with Gasteiger partial charge in [0, 0.05) is 16.0 Å². The number of carboxylic acid groups (broad SMARTS) is 1. The lowest BCUT2D eigenvalue weighted by atomic mass is 10.4. The van der Waals surface area contributed by atoms with Crippen molar-refractivity contribution in [2.45, 2.75) is 4.90 Å². The number of carboxylic acids is 1. The van der Waals surface area contributed by atoms with Crippen molar-refractivity contribution in [3.8, 4) is 0 Å². The molecule has 6 heteroatoms. The largest absolute Gasteiger partial charge is 0.478 e. The Balaban J connectivity index is 3.07. The Labute approximate surface area is 95.3 Å². The molecule has 0 aliphatic rings. The van der Waals surface area contributed by atoms with E-state index in [0.717, 1.165) is 4.47 Å². The zero-order chi connectivity index (χ0) is 11.5. The minimum atomic E-state index is -3.65. The molecule has 0 spiro atoms. The van der Waals surface area contributed by atoms with Crippen molar-refractivity contribution in [1.29, 1.82) is 0 Å². The van der Waals surface area contributed by atoms with E-state index in [-0.39, 0.29) is 4.90 Å². The van der Waals surface area contributed by atoms with Crippen LogP contribution in [0.5, 0.6) is 0 Å². The highest BCUT2D eigenvalue weighted by Crippen LogP contribution is 2.16. The number of aliphatic carboxylic acids is 1. The quantitative estimate of drug-likeness (QED) is 0.862. The van der Waals surface area contributed by atoms with Crippen molar-refractivity contribution in [2.24, 2.45) is 0 Å². The molecule has 80 valence electrons. The molecule has 0 aliphatic carbocycles. The minimum Gasteiger partial charge on any atom is -0.478 e. The molecule has 1 N–H and O–H groups in total. The number of sulfone groups is 1. The smallest absolute Gasteiger partial charge is 0.329 e. The van der Waals surface area contributed by atoms with E-state index in [9.17, 15) is 13.2 Å². The van der Waals surface area contributed by atoms with Crippen LogP contribution in [0.2, 0.25) is 0 Å². The van der Waals surface area contributed by atoms with Crippen LogP contribution >= 0.6 is 15.9 Å². The normalized spacial score (nSPS) is 11.8. The van der Waals surface area contributed by atoms with Crippen molar-refractivity contribution in [2.75, 3.05) is 0 Å². The highest BCUT2D eigenvalue weighted by Gasteiger charge is 2.09. The van der Waals surface area contributed by atoms with Gasteiger partial charge < -0.3 is 5.11 Å². The Bertz CT molecular complexity index is 487. The predicted octanol–water partition coefficient (Wildman–Crippen LogP) is 1.82. The van der Waals surface area contributed by atoms with Crippen molar-refractivity contribution >= 4 is 31.7 Å². The molecule has 0 heterocycles. The molecule has 1 aromatic rings. The van der Waals surface area contributed by atoms with Crippen molar-refractivity contribution in [3.05, 3.63) is 40.2 Å². The van der Waals surface area contributed by atoms with E-state index in [1.807, 2.05) is 0 Å². The van der Waals surface area contributed by atoms with E-state index < -0.39 is 15.8 Å². The standard InChI is InChI=1S/C9H7BrO4S/c10-7-1-3-8(4-2-7)15(13,14)6-5-9(11)12/h1-6H,(H,11,12)/b6-5-. The molecule has 0 saturated carbocycles. The van der Waals surface area contributed by atoms with Crippen LogP contribution in [0.1, 0.15) is 0 Å². The van der Waals surface area contributed by atoms with Gasteiger partial charge in [-0.1, -0.05) is 15.9 Å². The molecule has 0 fully saturated rings. The van der Waals surface area contributed by atoms with Gasteiger partial charge in [0.25, 0.3) is 0 Å². The summed E-state index contributed by atoms with van der Waals surface area (Å²) >= 11 is 3.17. The molecule has 1 aromatic carbocycles. The Hall–Kier alpha value is -1.14. The summed E-state index contributed by atoms with van der Waals surface area (Å²) in [5.41, 5.74) is 0. The van der Waals surface area contributed by atoms with Crippen LogP contribution in [-0.4, -0.2) is 19.5 Å². The maximum atomic E-state index is 11.5. The highest BCUT2D eigenvalue weighted by atomic mass is 79.9. The van der Waals surface area contributed by atoms with Crippen LogP contribution in [0.4, 0.5) is 0 Å². The monoisotopic (exact) mass is 290 g/mol. The number of hydrogen-bond acceptors (Lipinski definition) is 3. The summed E-state index contributed by atoms with van der Waals surface area (Å²) in [6, 6.07) is 5.93. The summed E-state index contributed by atoms with van der Waals surface area (Å²) < 4.78 is 23.7. The summed E-state index contributed by atoms with van der Waals surface area (Å²) in [5, 5.41) is 8.97. The van der Waals surface area contributed by atoms with Crippen molar-refractivity contribution in [1.82, 2.24) is 0 Å². The number of carbonyl (C=O) groups is 1. The van der Waals surface area contributed by atoms with Crippen LogP contribution in [-0.2, 0) is 14.6 Å². The zero-order valence-corrected chi connectivity index (χ0v) is 9.82. The van der Waals surface area contributed by atoms with E-state index in [1.165, 1.54) is 12.1 Å². The van der Waals surface area contributed by atoms with Gasteiger partial charge >= 0.3 is 5.97 Å². The Morgan fingerprint density at radius 1 is 1.27 bits per heavy atom. The summed E-state index contributed by atoms with van der Waals surface area (Å²) in [7, 11) is -3.65. The Kier molecular flexibility index (Phi) is 3.65. The van der Waals surface area contributed by atoms with E-state index in [1.54, 1.807) is 12.1 Å². The third kappa shape index (κ3) is 3.49. The molecule has 0 saturated heterocycles. The maximum Gasteiger partial charge on any atom is 0.329 e. The third-order valence-electron chi connectivity index (χ3n) is 1.53. The average Bonchev–Trinajstić information content (AvgIpc) is 2.16. The van der Waals surface area contributed by atoms with E-state index >= 15 is 0 Å². The molecule has 0 unspecified atom stereocenters. The fourth-order valence-electron chi connectivity index (χ4n) is 0.851. The molecule has 0 amide bonds. The SMILES string of the molecule is O=C(O)/C=C\S(=O)(=O)c1ccc(Br)cc1. The van der Waals surface area contributed by atoms with Crippen molar-refractivity contribution < 1.29 is 18.3 Å². The minimum absolute atomic E-state index is 0.0585. The lowest BCUT2D eigenvalue weighted by Gasteiger charge is -1.97. The van der Waals surface area contributed by atoms with Crippen LogP contribution in [0.15, 0.2) is 45.1 Å². The van der Waals surface area contributed by atoms with Crippen LogP contribution in [0.3, 0.4) is 0 Å². The van der Waals surface area contributed by atoms with Gasteiger partial charge in [-0.05, 0) is 24.3 Å². The van der Waals surface area contributed by atoms with Crippen LogP contribution in [0.25, 0.3) is 0 Å². The fraction of sp³-hybridized carbons (Fsp3) is 0. The molecular formula is C9H7BrO4S. The molecule has 0 aromatic heterocycles. The molecule has 4 nitrogen and oxygen atoms in total. The summed E-state index contributed by atoms with van der Waals surface area (Å²) in [6.07, 6.45) is 0.595. The second kappa shape index (κ2) is 4.59. The summed E-state index contributed by atoms with van der Waals surface area (Å²) in [5.74, 6) is -1.30. The Morgan fingerprint density at radius 2 is 1.80 bits per heavy atom. The van der Waals surface area contributed by atoms with Gasteiger partial charge in [-0.3, -0.25) is 0 Å². The number of benzene rings is 1. The first-order chi connectivity index (χ1) is 6.92. The van der Waals surface area contributed by atoms with Gasteiger partial charge in [-0.15, -0.1) is 0 Å². The van der Waals surface area contributed by atoms with Gasteiger partial charge in [0.1, 0.15) is 0 Å². The zero-order valence-electron chi connectivity index (χ0n) is 7.42. The molecule has 0 atom stereocenters. The van der Waals surface area contributed by atoms with E-state index in [2.05, 4.69) is 15.9 Å². The summed E-state index contributed by atoms with van der Waals surface area (Å²) in [4.78, 5) is 10.2. The van der Waals surface area contributed by atoms with Gasteiger partial charge in [0.15, 0.2) is 9.84 Å². The molecular weight excluding hydrogens is 284 g/mol. The van der Waals surface area contributed by atoms with Crippen molar-refractivity contribution in [3.63, 3.8) is 0 Å². The van der Waals surface area contributed by atoms with E-state index in [4.69, 9.17) is 5.11 Å².